The van der Waals surface area contributed by atoms with Gasteiger partial charge in [0.2, 0.25) is 0 Å². The number of cyclic esters (lactones) is 1. The molecule has 2 atom stereocenters. The molecule has 0 N–H and O–H groups in total. The lowest BCUT2D eigenvalue weighted by Gasteiger charge is -2.14. The molecule has 0 unspecified atom stereocenters. The molecule has 0 aromatic heterocycles. The van der Waals surface area contributed by atoms with Gasteiger partial charge in [-0.15, -0.1) is 0 Å². The minimum absolute atomic E-state index is 0.203. The third kappa shape index (κ3) is 2.70. The molecular formula is C14H16O5. The number of esters is 2. The Morgan fingerprint density at radius 3 is 2.63 bits per heavy atom. The van der Waals surface area contributed by atoms with Gasteiger partial charge in [0.05, 0.1) is 20.3 Å². The maximum Gasteiger partial charge on any atom is 0.321 e. The van der Waals surface area contributed by atoms with Crippen molar-refractivity contribution in [3.05, 3.63) is 29.8 Å². The number of rotatable bonds is 4. The number of carbonyl (C=O) groups excluding carboxylic acids is 2. The lowest BCUT2D eigenvalue weighted by Crippen LogP contribution is -2.26. The van der Waals surface area contributed by atoms with Gasteiger partial charge < -0.3 is 14.2 Å². The molecule has 1 aromatic rings. The molecule has 1 aromatic carbocycles. The summed E-state index contributed by atoms with van der Waals surface area (Å²) in [5, 5.41) is 0. The van der Waals surface area contributed by atoms with E-state index >= 15 is 0 Å². The molecule has 0 aliphatic carbocycles. The normalized spacial score (nSPS) is 21.9. The minimum atomic E-state index is -0.867. The predicted octanol–water partition coefficient (Wildman–Crippen LogP) is 1.51. The third-order valence-corrected chi connectivity index (χ3v) is 3.15. The highest BCUT2D eigenvalue weighted by Gasteiger charge is 2.44. The number of benzene rings is 1. The van der Waals surface area contributed by atoms with Crippen molar-refractivity contribution in [1.82, 2.24) is 0 Å². The van der Waals surface area contributed by atoms with Crippen molar-refractivity contribution in [2.24, 2.45) is 5.92 Å². The van der Waals surface area contributed by atoms with Crippen LogP contribution in [0.1, 0.15) is 18.4 Å². The first-order chi connectivity index (χ1) is 9.17. The Kier molecular flexibility index (Phi) is 4.04. The van der Waals surface area contributed by atoms with Crippen LogP contribution in [0.4, 0.5) is 0 Å². The first-order valence-corrected chi connectivity index (χ1v) is 6.14. The van der Waals surface area contributed by atoms with Crippen LogP contribution in [0, 0.1) is 5.92 Å². The maximum absolute atomic E-state index is 11.8. The smallest absolute Gasteiger partial charge is 0.321 e. The predicted molar refractivity (Wildman–Crippen MR) is 66.8 cm³/mol. The van der Waals surface area contributed by atoms with E-state index in [1.54, 1.807) is 26.2 Å². The van der Waals surface area contributed by atoms with Crippen LogP contribution in [0.2, 0.25) is 0 Å². The van der Waals surface area contributed by atoms with Gasteiger partial charge in [0.15, 0.2) is 5.92 Å². The molecule has 1 fully saturated rings. The summed E-state index contributed by atoms with van der Waals surface area (Å²) in [6.45, 7) is 2.16. The van der Waals surface area contributed by atoms with Crippen LogP contribution < -0.4 is 4.74 Å². The van der Waals surface area contributed by atoms with E-state index in [9.17, 15) is 9.59 Å². The lowest BCUT2D eigenvalue weighted by molar-refractivity contribution is -0.155. The van der Waals surface area contributed by atoms with Crippen molar-refractivity contribution in [2.45, 2.75) is 12.8 Å². The van der Waals surface area contributed by atoms with E-state index < -0.39 is 17.9 Å². The fourth-order valence-electron chi connectivity index (χ4n) is 2.15. The zero-order chi connectivity index (χ0) is 13.8. The monoisotopic (exact) mass is 264 g/mol. The van der Waals surface area contributed by atoms with Gasteiger partial charge in [-0.2, -0.15) is 0 Å². The van der Waals surface area contributed by atoms with E-state index in [4.69, 9.17) is 14.2 Å². The Hall–Kier alpha value is -2.04. The van der Waals surface area contributed by atoms with E-state index in [0.717, 1.165) is 11.3 Å². The van der Waals surface area contributed by atoms with Crippen molar-refractivity contribution < 1.29 is 23.8 Å². The van der Waals surface area contributed by atoms with Crippen molar-refractivity contribution in [2.75, 3.05) is 20.3 Å². The Labute approximate surface area is 111 Å². The van der Waals surface area contributed by atoms with E-state index in [0.29, 0.717) is 0 Å². The molecule has 0 radical (unpaired) electrons. The Morgan fingerprint density at radius 2 is 2.05 bits per heavy atom. The molecule has 1 saturated heterocycles. The molecule has 1 heterocycles. The zero-order valence-electron chi connectivity index (χ0n) is 10.9. The second kappa shape index (κ2) is 5.73. The summed E-state index contributed by atoms with van der Waals surface area (Å²) in [6.07, 6.45) is 0. The molecule has 0 saturated carbocycles. The second-order valence-corrected chi connectivity index (χ2v) is 4.24. The fraction of sp³-hybridized carbons (Fsp3) is 0.429. The minimum Gasteiger partial charge on any atom is -0.497 e. The zero-order valence-corrected chi connectivity index (χ0v) is 10.9. The Bertz CT molecular complexity index is 465. The number of ether oxygens (including phenoxy) is 3. The number of carbonyl (C=O) groups is 2. The topological polar surface area (TPSA) is 61.8 Å². The number of hydrogen-bond donors (Lipinski definition) is 0. The number of methoxy groups -OCH3 is 1. The molecule has 0 amide bonds. The van der Waals surface area contributed by atoms with E-state index in [2.05, 4.69) is 0 Å². The molecule has 1 aliphatic rings. The largest absolute Gasteiger partial charge is 0.497 e. The van der Waals surface area contributed by atoms with Crippen LogP contribution in [-0.4, -0.2) is 32.3 Å². The summed E-state index contributed by atoms with van der Waals surface area (Å²) in [5.41, 5.74) is 0.865. The molecule has 102 valence electrons. The summed E-state index contributed by atoms with van der Waals surface area (Å²) in [4.78, 5) is 23.5. The van der Waals surface area contributed by atoms with Crippen molar-refractivity contribution in [1.29, 1.82) is 0 Å². The molecule has 1 aliphatic heterocycles. The summed E-state index contributed by atoms with van der Waals surface area (Å²) in [7, 11) is 1.58. The maximum atomic E-state index is 11.8. The molecule has 5 heteroatoms. The van der Waals surface area contributed by atoms with Gasteiger partial charge in [-0.05, 0) is 24.6 Å². The highest BCUT2D eigenvalue weighted by molar-refractivity contribution is 5.97. The third-order valence-electron chi connectivity index (χ3n) is 3.15. The van der Waals surface area contributed by atoms with Crippen LogP contribution in [0.3, 0.4) is 0 Å². The SMILES string of the molecule is CCOC(=O)[C@H]1C(=O)OC[C@@H]1c1ccc(OC)cc1. The first kappa shape index (κ1) is 13.4. The first-order valence-electron chi connectivity index (χ1n) is 6.14. The van der Waals surface area contributed by atoms with Crippen LogP contribution >= 0.6 is 0 Å². The molecule has 0 bridgehead atoms. The Balaban J connectivity index is 2.21. The van der Waals surface area contributed by atoms with Gasteiger partial charge in [-0.1, -0.05) is 12.1 Å². The van der Waals surface area contributed by atoms with Crippen LogP contribution in [0.25, 0.3) is 0 Å². The average Bonchev–Trinajstić information content (AvgIpc) is 2.81. The molecule has 19 heavy (non-hydrogen) atoms. The van der Waals surface area contributed by atoms with Gasteiger partial charge in [-0.25, -0.2) is 0 Å². The summed E-state index contributed by atoms with van der Waals surface area (Å²) in [6, 6.07) is 7.25. The van der Waals surface area contributed by atoms with Crippen molar-refractivity contribution in [3.63, 3.8) is 0 Å². The number of hydrogen-bond acceptors (Lipinski definition) is 5. The molecule has 5 nitrogen and oxygen atoms in total. The van der Waals surface area contributed by atoms with Gasteiger partial charge >= 0.3 is 11.9 Å². The fourth-order valence-corrected chi connectivity index (χ4v) is 2.15. The molecular weight excluding hydrogens is 248 g/mol. The van der Waals surface area contributed by atoms with Gasteiger partial charge in [0.1, 0.15) is 5.75 Å². The summed E-state index contributed by atoms with van der Waals surface area (Å²) in [5.74, 6) is -1.47. The van der Waals surface area contributed by atoms with Gasteiger partial charge in [-0.3, -0.25) is 9.59 Å². The van der Waals surface area contributed by atoms with Crippen LogP contribution in [-0.2, 0) is 19.1 Å². The second-order valence-electron chi connectivity index (χ2n) is 4.24. The van der Waals surface area contributed by atoms with Crippen LogP contribution in [0.5, 0.6) is 5.75 Å². The standard InChI is InChI=1S/C14H16O5/c1-3-18-13(15)12-11(8-19-14(12)16)9-4-6-10(17-2)7-5-9/h4-7,11-12H,3,8H2,1-2H3/t11-,12+/m1/s1. The van der Waals surface area contributed by atoms with E-state index in [1.165, 1.54) is 0 Å². The highest BCUT2D eigenvalue weighted by atomic mass is 16.6. The summed E-state index contributed by atoms with van der Waals surface area (Å²) < 4.78 is 15.0. The highest BCUT2D eigenvalue weighted by Crippen LogP contribution is 2.33. The molecule has 0 spiro atoms. The quantitative estimate of drug-likeness (QED) is 0.609. The van der Waals surface area contributed by atoms with Crippen LogP contribution in [0.15, 0.2) is 24.3 Å². The average molecular weight is 264 g/mol. The van der Waals surface area contributed by atoms with E-state index in [1.807, 2.05) is 12.1 Å². The van der Waals surface area contributed by atoms with Gasteiger partial charge in [0.25, 0.3) is 0 Å². The van der Waals surface area contributed by atoms with Crippen molar-refractivity contribution >= 4 is 11.9 Å². The molecule has 2 rings (SSSR count). The lowest BCUT2D eigenvalue weighted by atomic mass is 9.88. The summed E-state index contributed by atoms with van der Waals surface area (Å²) >= 11 is 0. The van der Waals surface area contributed by atoms with E-state index in [-0.39, 0.29) is 19.1 Å². The van der Waals surface area contributed by atoms with Crippen molar-refractivity contribution in [3.8, 4) is 5.75 Å². The van der Waals surface area contributed by atoms with Gasteiger partial charge in [0, 0.05) is 5.92 Å². The Morgan fingerprint density at radius 1 is 1.37 bits per heavy atom.